The molecule has 0 radical (unpaired) electrons. The van der Waals surface area contributed by atoms with Gasteiger partial charge in [-0.15, -0.1) is 11.3 Å². The minimum atomic E-state index is -1.17. The Bertz CT molecular complexity index is 688. The second-order valence-corrected chi connectivity index (χ2v) is 5.84. The molecule has 21 heavy (non-hydrogen) atoms. The Morgan fingerprint density at radius 2 is 2.10 bits per heavy atom. The fourth-order valence-electron chi connectivity index (χ4n) is 2.32. The van der Waals surface area contributed by atoms with E-state index in [2.05, 4.69) is 15.3 Å². The second-order valence-electron chi connectivity index (χ2n) is 4.75. The predicted octanol–water partition coefficient (Wildman–Crippen LogP) is 2.37. The van der Waals surface area contributed by atoms with Gasteiger partial charge >= 0.3 is 5.97 Å². The first-order valence-corrected chi connectivity index (χ1v) is 7.45. The number of anilines is 1. The van der Waals surface area contributed by atoms with Crippen molar-refractivity contribution < 1.29 is 14.7 Å². The molecule has 1 amide bonds. The Kier molecular flexibility index (Phi) is 3.66. The number of amides is 1. The van der Waals surface area contributed by atoms with E-state index in [-0.39, 0.29) is 11.3 Å². The maximum absolute atomic E-state index is 12.2. The molecule has 0 aromatic carbocycles. The summed E-state index contributed by atoms with van der Waals surface area (Å²) in [5, 5.41) is 12.2. The largest absolute Gasteiger partial charge is 0.478 e. The van der Waals surface area contributed by atoms with Gasteiger partial charge in [0.05, 0.1) is 11.3 Å². The monoisotopic (exact) mass is 303 g/mol. The molecule has 0 spiro atoms. The SMILES string of the molecule is O=C(O)c1cccnc1C(=O)Nc1nc2c(s1)CCCC2. The summed E-state index contributed by atoms with van der Waals surface area (Å²) in [6, 6.07) is 2.85. The molecule has 0 atom stereocenters. The molecule has 0 saturated heterocycles. The number of aromatic nitrogens is 2. The van der Waals surface area contributed by atoms with Crippen molar-refractivity contribution in [3.05, 3.63) is 40.2 Å². The maximum Gasteiger partial charge on any atom is 0.338 e. The number of carbonyl (C=O) groups is 2. The van der Waals surface area contributed by atoms with E-state index in [1.54, 1.807) is 0 Å². The number of carboxylic acid groups (broad SMARTS) is 1. The van der Waals surface area contributed by atoms with Crippen LogP contribution in [0.1, 0.15) is 44.3 Å². The molecule has 2 aromatic heterocycles. The van der Waals surface area contributed by atoms with Gasteiger partial charge in [-0.2, -0.15) is 0 Å². The Hall–Kier alpha value is -2.28. The zero-order valence-corrected chi connectivity index (χ0v) is 11.9. The van der Waals surface area contributed by atoms with Crippen LogP contribution in [0.25, 0.3) is 0 Å². The van der Waals surface area contributed by atoms with Gasteiger partial charge in [0.15, 0.2) is 5.13 Å². The van der Waals surface area contributed by atoms with E-state index in [1.165, 1.54) is 34.5 Å². The molecule has 1 aliphatic carbocycles. The van der Waals surface area contributed by atoms with Crippen LogP contribution < -0.4 is 5.32 Å². The highest BCUT2D eigenvalue weighted by molar-refractivity contribution is 7.15. The molecule has 2 N–H and O–H groups in total. The maximum atomic E-state index is 12.2. The molecule has 0 bridgehead atoms. The average molecular weight is 303 g/mol. The molecular formula is C14H13N3O3S. The van der Waals surface area contributed by atoms with E-state index in [9.17, 15) is 9.59 Å². The van der Waals surface area contributed by atoms with Crippen molar-refractivity contribution >= 4 is 28.3 Å². The highest BCUT2D eigenvalue weighted by atomic mass is 32.1. The number of aromatic carboxylic acids is 1. The highest BCUT2D eigenvalue weighted by Gasteiger charge is 2.20. The number of aryl methyl sites for hydroxylation is 2. The van der Waals surface area contributed by atoms with Crippen LogP contribution in [0.15, 0.2) is 18.3 Å². The minimum Gasteiger partial charge on any atom is -0.478 e. The lowest BCUT2D eigenvalue weighted by Gasteiger charge is -2.06. The molecule has 0 fully saturated rings. The van der Waals surface area contributed by atoms with E-state index in [0.29, 0.717) is 5.13 Å². The number of fused-ring (bicyclic) bond motifs is 1. The van der Waals surface area contributed by atoms with Gasteiger partial charge in [-0.3, -0.25) is 15.1 Å². The number of carbonyl (C=O) groups excluding carboxylic acids is 1. The zero-order valence-electron chi connectivity index (χ0n) is 11.1. The van der Waals surface area contributed by atoms with Crippen molar-refractivity contribution in [3.63, 3.8) is 0 Å². The summed E-state index contributed by atoms with van der Waals surface area (Å²) in [6.07, 6.45) is 5.59. The van der Waals surface area contributed by atoms with Crippen LogP contribution >= 0.6 is 11.3 Å². The molecule has 2 aromatic rings. The van der Waals surface area contributed by atoms with Crippen molar-refractivity contribution in [1.82, 2.24) is 9.97 Å². The second kappa shape index (κ2) is 5.61. The van der Waals surface area contributed by atoms with E-state index < -0.39 is 11.9 Å². The topological polar surface area (TPSA) is 92.2 Å². The zero-order chi connectivity index (χ0) is 14.8. The van der Waals surface area contributed by atoms with Crippen LogP contribution in [0.5, 0.6) is 0 Å². The van der Waals surface area contributed by atoms with E-state index in [1.807, 2.05) is 0 Å². The Morgan fingerprint density at radius 3 is 2.86 bits per heavy atom. The molecule has 0 unspecified atom stereocenters. The van der Waals surface area contributed by atoms with Crippen molar-refractivity contribution in [2.24, 2.45) is 0 Å². The first-order chi connectivity index (χ1) is 10.1. The predicted molar refractivity (Wildman–Crippen MR) is 77.9 cm³/mol. The molecule has 108 valence electrons. The van der Waals surface area contributed by atoms with Gasteiger partial charge in [0.1, 0.15) is 5.69 Å². The van der Waals surface area contributed by atoms with Gasteiger partial charge in [0, 0.05) is 11.1 Å². The smallest absolute Gasteiger partial charge is 0.338 e. The van der Waals surface area contributed by atoms with Crippen LogP contribution in [0.3, 0.4) is 0 Å². The standard InChI is InChI=1S/C14H13N3O3S/c18-12(11-8(13(19)20)4-3-7-15-11)17-14-16-9-5-1-2-6-10(9)21-14/h3-4,7H,1-2,5-6H2,(H,19,20)(H,16,17,18). The fraction of sp³-hybridized carbons (Fsp3) is 0.286. The van der Waals surface area contributed by atoms with Gasteiger partial charge in [0.2, 0.25) is 0 Å². The van der Waals surface area contributed by atoms with Crippen molar-refractivity contribution in [1.29, 1.82) is 0 Å². The van der Waals surface area contributed by atoms with Crippen LogP contribution in [-0.4, -0.2) is 27.0 Å². The van der Waals surface area contributed by atoms with E-state index >= 15 is 0 Å². The van der Waals surface area contributed by atoms with Crippen molar-refractivity contribution in [2.45, 2.75) is 25.7 Å². The van der Waals surface area contributed by atoms with Gasteiger partial charge in [-0.1, -0.05) is 0 Å². The number of rotatable bonds is 3. The number of thiazole rings is 1. The fourth-order valence-corrected chi connectivity index (χ4v) is 3.37. The molecule has 0 saturated carbocycles. The van der Waals surface area contributed by atoms with E-state index in [4.69, 9.17) is 5.11 Å². The van der Waals surface area contributed by atoms with Gasteiger partial charge in [-0.25, -0.2) is 9.78 Å². The van der Waals surface area contributed by atoms with Crippen LogP contribution in [-0.2, 0) is 12.8 Å². The number of pyridine rings is 1. The summed E-state index contributed by atoms with van der Waals surface area (Å²) in [6.45, 7) is 0. The third-order valence-corrected chi connectivity index (χ3v) is 4.39. The lowest BCUT2D eigenvalue weighted by molar-refractivity contribution is 0.0691. The van der Waals surface area contributed by atoms with E-state index in [0.717, 1.165) is 31.4 Å². The molecule has 7 heteroatoms. The summed E-state index contributed by atoms with van der Waals surface area (Å²) >= 11 is 1.45. The third-order valence-electron chi connectivity index (χ3n) is 3.32. The molecule has 2 heterocycles. The highest BCUT2D eigenvalue weighted by Crippen LogP contribution is 2.29. The van der Waals surface area contributed by atoms with Gasteiger partial charge in [0.25, 0.3) is 5.91 Å². The van der Waals surface area contributed by atoms with Crippen molar-refractivity contribution in [3.8, 4) is 0 Å². The van der Waals surface area contributed by atoms with Crippen LogP contribution in [0.4, 0.5) is 5.13 Å². The number of nitrogens with zero attached hydrogens (tertiary/aromatic N) is 2. The van der Waals surface area contributed by atoms with Crippen molar-refractivity contribution in [2.75, 3.05) is 5.32 Å². The average Bonchev–Trinajstić information content (AvgIpc) is 2.89. The number of carboxylic acids is 1. The first kappa shape index (κ1) is 13.7. The molecule has 0 aliphatic heterocycles. The molecule has 6 nitrogen and oxygen atoms in total. The number of nitrogens with one attached hydrogen (secondary N) is 1. The Labute approximate surface area is 124 Å². The number of hydrogen-bond donors (Lipinski definition) is 2. The number of hydrogen-bond acceptors (Lipinski definition) is 5. The van der Waals surface area contributed by atoms with Gasteiger partial charge in [-0.05, 0) is 37.8 Å². The molecule has 3 rings (SSSR count). The quantitative estimate of drug-likeness (QED) is 0.908. The summed E-state index contributed by atoms with van der Waals surface area (Å²) in [5.74, 6) is -1.72. The lowest BCUT2D eigenvalue weighted by Crippen LogP contribution is -2.18. The summed E-state index contributed by atoms with van der Waals surface area (Å²) in [4.78, 5) is 32.8. The van der Waals surface area contributed by atoms with Crippen LogP contribution in [0.2, 0.25) is 0 Å². The molecule has 1 aliphatic rings. The third kappa shape index (κ3) is 2.78. The minimum absolute atomic E-state index is 0.0989. The molecular weight excluding hydrogens is 290 g/mol. The summed E-state index contributed by atoms with van der Waals surface area (Å²) < 4.78 is 0. The van der Waals surface area contributed by atoms with Crippen LogP contribution in [0, 0.1) is 0 Å². The first-order valence-electron chi connectivity index (χ1n) is 6.63. The Balaban J connectivity index is 1.83. The summed E-state index contributed by atoms with van der Waals surface area (Å²) in [5.41, 5.74) is 0.829. The van der Waals surface area contributed by atoms with Gasteiger partial charge < -0.3 is 5.11 Å². The normalized spacial score (nSPS) is 13.5. The Morgan fingerprint density at radius 1 is 1.29 bits per heavy atom. The lowest BCUT2D eigenvalue weighted by atomic mass is 10.0. The summed E-state index contributed by atoms with van der Waals surface area (Å²) in [7, 11) is 0.